The highest BCUT2D eigenvalue weighted by Crippen LogP contribution is 2.33. The van der Waals surface area contributed by atoms with Crippen LogP contribution in [0.15, 0.2) is 0 Å². The van der Waals surface area contributed by atoms with Gasteiger partial charge in [0.2, 0.25) is 0 Å². The largest absolute Gasteiger partial charge is 0.444 e. The Morgan fingerprint density at radius 3 is 2.59 bits per heavy atom. The Hall–Kier alpha value is -0.770. The van der Waals surface area contributed by atoms with Crippen LogP contribution in [0.3, 0.4) is 0 Å². The summed E-state index contributed by atoms with van der Waals surface area (Å²) in [6.07, 6.45) is 4.06. The summed E-state index contributed by atoms with van der Waals surface area (Å²) in [4.78, 5) is 11.8. The van der Waals surface area contributed by atoms with Crippen molar-refractivity contribution in [1.82, 2.24) is 5.32 Å². The molecule has 1 saturated carbocycles. The van der Waals surface area contributed by atoms with E-state index in [0.717, 1.165) is 19.3 Å². The van der Waals surface area contributed by atoms with Crippen molar-refractivity contribution >= 4 is 6.09 Å². The second-order valence-corrected chi connectivity index (χ2v) is 6.13. The van der Waals surface area contributed by atoms with Gasteiger partial charge >= 0.3 is 6.09 Å². The molecule has 4 nitrogen and oxygen atoms in total. The summed E-state index contributed by atoms with van der Waals surface area (Å²) in [6, 6.07) is 0. The van der Waals surface area contributed by atoms with E-state index >= 15 is 0 Å². The molecule has 1 rings (SSSR count). The molecule has 0 aromatic rings. The molecule has 0 saturated heterocycles. The van der Waals surface area contributed by atoms with Crippen LogP contribution < -0.4 is 11.1 Å². The van der Waals surface area contributed by atoms with Gasteiger partial charge in [-0.15, -0.1) is 0 Å². The third-order valence-corrected chi connectivity index (χ3v) is 3.57. The van der Waals surface area contributed by atoms with Crippen LogP contribution in [0.25, 0.3) is 0 Å². The van der Waals surface area contributed by atoms with Gasteiger partial charge in [-0.2, -0.15) is 0 Å². The zero-order valence-electron chi connectivity index (χ0n) is 11.5. The topological polar surface area (TPSA) is 64.3 Å². The lowest BCUT2D eigenvalue weighted by Crippen LogP contribution is -2.59. The minimum atomic E-state index is -0.461. The second-order valence-electron chi connectivity index (χ2n) is 6.13. The fourth-order valence-corrected chi connectivity index (χ4v) is 2.46. The smallest absolute Gasteiger partial charge is 0.408 e. The molecule has 3 N–H and O–H groups in total. The van der Waals surface area contributed by atoms with Gasteiger partial charge in [0.15, 0.2) is 0 Å². The van der Waals surface area contributed by atoms with E-state index in [1.165, 1.54) is 6.42 Å². The number of carbonyl (C=O) groups is 1. The SMILES string of the molecule is C[C@H]1CCCC[C@]1(CN)NC(=O)OC(C)(C)C. The minimum Gasteiger partial charge on any atom is -0.444 e. The van der Waals surface area contributed by atoms with E-state index in [0.29, 0.717) is 12.5 Å². The summed E-state index contributed by atoms with van der Waals surface area (Å²) in [5.74, 6) is 0.411. The third-order valence-electron chi connectivity index (χ3n) is 3.57. The predicted molar refractivity (Wildman–Crippen MR) is 68.8 cm³/mol. The molecule has 2 atom stereocenters. The summed E-state index contributed by atoms with van der Waals surface area (Å²) < 4.78 is 5.31. The molecule has 100 valence electrons. The average Bonchev–Trinajstić information content (AvgIpc) is 2.19. The van der Waals surface area contributed by atoms with E-state index in [9.17, 15) is 4.79 Å². The Morgan fingerprint density at radius 1 is 1.47 bits per heavy atom. The van der Waals surface area contributed by atoms with Crippen LogP contribution in [0.5, 0.6) is 0 Å². The maximum Gasteiger partial charge on any atom is 0.408 e. The number of nitrogens with two attached hydrogens (primary N) is 1. The van der Waals surface area contributed by atoms with Crippen molar-refractivity contribution in [3.05, 3.63) is 0 Å². The number of nitrogens with one attached hydrogen (secondary N) is 1. The molecule has 0 aromatic heterocycles. The summed E-state index contributed by atoms with van der Waals surface area (Å²) in [5, 5.41) is 3.00. The first-order valence-corrected chi connectivity index (χ1v) is 6.50. The number of rotatable bonds is 2. The van der Waals surface area contributed by atoms with Crippen LogP contribution in [0.4, 0.5) is 4.79 Å². The van der Waals surface area contributed by atoms with Gasteiger partial charge in [0.1, 0.15) is 5.60 Å². The quantitative estimate of drug-likeness (QED) is 0.781. The van der Waals surface area contributed by atoms with Crippen LogP contribution in [0, 0.1) is 5.92 Å². The van der Waals surface area contributed by atoms with E-state index in [1.54, 1.807) is 0 Å². The van der Waals surface area contributed by atoms with Crippen molar-refractivity contribution in [1.29, 1.82) is 0 Å². The van der Waals surface area contributed by atoms with Gasteiger partial charge in [-0.1, -0.05) is 19.8 Å². The number of carbonyl (C=O) groups excluding carboxylic acids is 1. The molecule has 0 heterocycles. The highest BCUT2D eigenvalue weighted by Gasteiger charge is 2.39. The van der Waals surface area contributed by atoms with Crippen LogP contribution in [-0.4, -0.2) is 23.8 Å². The number of amides is 1. The zero-order chi connectivity index (χ0) is 13.1. The summed E-state index contributed by atoms with van der Waals surface area (Å²) in [6.45, 7) is 8.24. The Balaban J connectivity index is 2.65. The second kappa shape index (κ2) is 5.25. The molecule has 1 amide bonds. The lowest BCUT2D eigenvalue weighted by atomic mass is 9.74. The van der Waals surface area contributed by atoms with Crippen LogP contribution in [0.2, 0.25) is 0 Å². The maximum atomic E-state index is 11.8. The standard InChI is InChI=1S/C13H26N2O2/c1-10-7-5-6-8-13(10,9-14)15-11(16)17-12(2,3)4/h10H,5-9,14H2,1-4H3,(H,15,16)/t10-,13+/m0/s1. The highest BCUT2D eigenvalue weighted by molar-refractivity contribution is 5.69. The summed E-state index contributed by atoms with van der Waals surface area (Å²) in [7, 11) is 0. The predicted octanol–water partition coefficient (Wildman–Crippen LogP) is 2.42. The lowest BCUT2D eigenvalue weighted by Gasteiger charge is -2.42. The van der Waals surface area contributed by atoms with Gasteiger partial charge in [0.05, 0.1) is 5.54 Å². The molecule has 0 unspecified atom stereocenters. The molecule has 0 aliphatic heterocycles. The van der Waals surface area contributed by atoms with E-state index in [4.69, 9.17) is 10.5 Å². The van der Waals surface area contributed by atoms with Gasteiger partial charge in [-0.25, -0.2) is 4.79 Å². The number of hydrogen-bond acceptors (Lipinski definition) is 3. The fourth-order valence-electron chi connectivity index (χ4n) is 2.46. The average molecular weight is 242 g/mol. The lowest BCUT2D eigenvalue weighted by molar-refractivity contribution is 0.0375. The van der Waals surface area contributed by atoms with E-state index in [1.807, 2.05) is 20.8 Å². The van der Waals surface area contributed by atoms with Gasteiger partial charge in [-0.3, -0.25) is 0 Å². The molecule has 4 heteroatoms. The molecule has 0 aromatic carbocycles. The Labute approximate surface area is 104 Å². The van der Waals surface area contributed by atoms with Gasteiger partial charge in [0, 0.05) is 6.54 Å². The molecule has 1 fully saturated rings. The highest BCUT2D eigenvalue weighted by atomic mass is 16.6. The molecule has 1 aliphatic rings. The molecule has 0 spiro atoms. The first kappa shape index (κ1) is 14.3. The monoisotopic (exact) mass is 242 g/mol. The summed E-state index contributed by atoms with van der Waals surface area (Å²) >= 11 is 0. The van der Waals surface area contributed by atoms with Crippen LogP contribution >= 0.6 is 0 Å². The van der Waals surface area contributed by atoms with Crippen molar-refractivity contribution in [3.8, 4) is 0 Å². The number of ether oxygens (including phenoxy) is 1. The Bertz CT molecular complexity index is 273. The van der Waals surface area contributed by atoms with Crippen molar-refractivity contribution in [2.24, 2.45) is 11.7 Å². The van der Waals surface area contributed by atoms with Gasteiger partial charge < -0.3 is 15.8 Å². The van der Waals surface area contributed by atoms with Gasteiger partial charge in [-0.05, 0) is 39.5 Å². The van der Waals surface area contributed by atoms with Crippen LogP contribution in [-0.2, 0) is 4.74 Å². The molecule has 17 heavy (non-hydrogen) atoms. The van der Waals surface area contributed by atoms with Crippen molar-refractivity contribution in [2.45, 2.75) is 64.5 Å². The fraction of sp³-hybridized carbons (Fsp3) is 0.923. The summed E-state index contributed by atoms with van der Waals surface area (Å²) in [5.41, 5.74) is 5.13. The number of alkyl carbamates (subject to hydrolysis) is 1. The molecule has 0 bridgehead atoms. The minimum absolute atomic E-state index is 0.277. The van der Waals surface area contributed by atoms with E-state index < -0.39 is 5.60 Å². The van der Waals surface area contributed by atoms with Crippen LogP contribution in [0.1, 0.15) is 53.4 Å². The van der Waals surface area contributed by atoms with E-state index in [2.05, 4.69) is 12.2 Å². The van der Waals surface area contributed by atoms with Crippen molar-refractivity contribution in [2.75, 3.05) is 6.54 Å². The Kier molecular flexibility index (Phi) is 4.42. The molecule has 0 radical (unpaired) electrons. The Morgan fingerprint density at radius 2 is 2.12 bits per heavy atom. The zero-order valence-corrected chi connectivity index (χ0v) is 11.5. The van der Waals surface area contributed by atoms with Crippen molar-refractivity contribution < 1.29 is 9.53 Å². The number of hydrogen-bond donors (Lipinski definition) is 2. The molecular formula is C13H26N2O2. The first-order valence-electron chi connectivity index (χ1n) is 6.50. The molecular weight excluding hydrogens is 216 g/mol. The van der Waals surface area contributed by atoms with Gasteiger partial charge in [0.25, 0.3) is 0 Å². The normalized spacial score (nSPS) is 29.8. The third kappa shape index (κ3) is 3.87. The first-order chi connectivity index (χ1) is 7.79. The van der Waals surface area contributed by atoms with E-state index in [-0.39, 0.29) is 11.6 Å². The van der Waals surface area contributed by atoms with Crippen molar-refractivity contribution in [3.63, 3.8) is 0 Å². The maximum absolute atomic E-state index is 11.8. The molecule has 1 aliphatic carbocycles.